The summed E-state index contributed by atoms with van der Waals surface area (Å²) < 4.78 is 71.6. The molecule has 0 saturated heterocycles. The predicted octanol–water partition coefficient (Wildman–Crippen LogP) is 1.83. The second-order valence-corrected chi connectivity index (χ2v) is 2.89. The molecule has 0 radical (unpaired) electrons. The third-order valence-electron chi connectivity index (χ3n) is 1.62. The molecule has 12 heavy (non-hydrogen) atoms. The molecule has 1 nitrogen and oxygen atoms in total. The van der Waals surface area contributed by atoms with Gasteiger partial charge in [0, 0.05) is 0 Å². The summed E-state index contributed by atoms with van der Waals surface area (Å²) in [6, 6.07) is 0. The van der Waals surface area contributed by atoms with Crippen molar-refractivity contribution in [3.8, 4) is 0 Å². The van der Waals surface area contributed by atoms with Crippen LogP contribution in [0.4, 0.5) is 26.3 Å². The fourth-order valence-electron chi connectivity index (χ4n) is 0.748. The van der Waals surface area contributed by atoms with Crippen LogP contribution in [0.2, 0.25) is 0 Å². The van der Waals surface area contributed by atoms with Gasteiger partial charge in [0.1, 0.15) is 0 Å². The first kappa shape index (κ1) is 9.91. The first-order valence-corrected chi connectivity index (χ1v) is 2.92. The lowest BCUT2D eigenvalue weighted by molar-refractivity contribution is -0.463. The molecule has 0 atom stereocenters. The number of halogens is 7. The number of aliphatic hydroxyl groups is 1. The highest BCUT2D eigenvalue weighted by Crippen LogP contribution is 2.68. The molecule has 0 aromatic carbocycles. The summed E-state index contributed by atoms with van der Waals surface area (Å²) in [5, 5.41) is 3.59. The van der Waals surface area contributed by atoms with Gasteiger partial charge in [0.25, 0.3) is 5.06 Å². The van der Waals surface area contributed by atoms with E-state index in [0.717, 1.165) is 0 Å². The summed E-state index contributed by atoms with van der Waals surface area (Å²) in [6.07, 6.45) is 0. The van der Waals surface area contributed by atoms with Crippen molar-refractivity contribution in [2.24, 2.45) is 0 Å². The van der Waals surface area contributed by atoms with Crippen LogP contribution in [0, 0.1) is 0 Å². The van der Waals surface area contributed by atoms with Crippen molar-refractivity contribution >= 4 is 11.6 Å². The molecular weight excluding hydrogens is 213 g/mol. The van der Waals surface area contributed by atoms with Crippen molar-refractivity contribution in [2.45, 2.75) is 22.8 Å². The lowest BCUT2D eigenvalue weighted by Crippen LogP contribution is -2.83. The quantitative estimate of drug-likeness (QED) is 0.482. The minimum Gasteiger partial charge on any atom is -0.365 e. The van der Waals surface area contributed by atoms with Gasteiger partial charge < -0.3 is 5.11 Å². The zero-order valence-electron chi connectivity index (χ0n) is 5.09. The van der Waals surface area contributed by atoms with Crippen LogP contribution >= 0.6 is 11.6 Å². The van der Waals surface area contributed by atoms with Crippen LogP contribution in [0.5, 0.6) is 0 Å². The van der Waals surface area contributed by atoms with Crippen LogP contribution in [0.1, 0.15) is 0 Å². The van der Waals surface area contributed by atoms with Crippen LogP contribution in [0.15, 0.2) is 0 Å². The zero-order valence-corrected chi connectivity index (χ0v) is 5.85. The van der Waals surface area contributed by atoms with Gasteiger partial charge >= 0.3 is 17.8 Å². The first-order chi connectivity index (χ1) is 5.00. The van der Waals surface area contributed by atoms with Crippen molar-refractivity contribution in [2.75, 3.05) is 0 Å². The molecule has 72 valence electrons. The maximum absolute atomic E-state index is 12.0. The van der Waals surface area contributed by atoms with Gasteiger partial charge in [0.05, 0.1) is 0 Å². The standard InChI is InChI=1S/C4HClF6O/c5-1(12)2(6,7)4(10,11)3(1,8)9/h12H. The summed E-state index contributed by atoms with van der Waals surface area (Å²) >= 11 is 4.15. The van der Waals surface area contributed by atoms with E-state index in [-0.39, 0.29) is 0 Å². The predicted molar refractivity (Wildman–Crippen MR) is 25.6 cm³/mol. The molecule has 1 aliphatic rings. The highest BCUT2D eigenvalue weighted by molar-refractivity contribution is 6.25. The van der Waals surface area contributed by atoms with Gasteiger partial charge in [-0.2, -0.15) is 26.3 Å². The van der Waals surface area contributed by atoms with Gasteiger partial charge in [-0.1, -0.05) is 11.6 Å². The molecule has 8 heteroatoms. The molecule has 1 rings (SSSR count). The molecule has 1 N–H and O–H groups in total. The van der Waals surface area contributed by atoms with Crippen molar-refractivity contribution < 1.29 is 31.4 Å². The summed E-state index contributed by atoms with van der Waals surface area (Å²) in [5.74, 6) is -16.2. The Kier molecular flexibility index (Phi) is 1.52. The molecule has 0 amide bonds. The molecule has 0 unspecified atom stereocenters. The minimum atomic E-state index is -5.60. The Morgan fingerprint density at radius 1 is 0.750 bits per heavy atom. The summed E-state index contributed by atoms with van der Waals surface area (Å²) in [6.45, 7) is 0. The maximum Gasteiger partial charge on any atom is 0.381 e. The third kappa shape index (κ3) is 0.597. The summed E-state index contributed by atoms with van der Waals surface area (Å²) in [5.41, 5.74) is 0. The Morgan fingerprint density at radius 3 is 1.08 bits per heavy atom. The minimum absolute atomic E-state index is 4.15. The number of alkyl halides is 7. The number of hydrogen-bond donors (Lipinski definition) is 1. The molecule has 0 aliphatic heterocycles. The van der Waals surface area contributed by atoms with Crippen LogP contribution in [0.3, 0.4) is 0 Å². The molecule has 0 aromatic rings. The molecule has 1 aliphatic carbocycles. The topological polar surface area (TPSA) is 20.2 Å². The van der Waals surface area contributed by atoms with E-state index >= 15 is 0 Å². The molecule has 0 aromatic heterocycles. The fraction of sp³-hybridized carbons (Fsp3) is 1.00. The average molecular weight is 214 g/mol. The molecule has 1 fully saturated rings. The second kappa shape index (κ2) is 1.84. The lowest BCUT2D eigenvalue weighted by atomic mass is 9.80. The monoisotopic (exact) mass is 214 g/mol. The summed E-state index contributed by atoms with van der Waals surface area (Å²) in [7, 11) is 0. The van der Waals surface area contributed by atoms with Gasteiger partial charge in [-0.05, 0) is 0 Å². The van der Waals surface area contributed by atoms with E-state index in [1.54, 1.807) is 0 Å². The van der Waals surface area contributed by atoms with E-state index in [0.29, 0.717) is 0 Å². The molecule has 0 spiro atoms. The van der Waals surface area contributed by atoms with Crippen molar-refractivity contribution in [3.63, 3.8) is 0 Å². The van der Waals surface area contributed by atoms with Crippen LogP contribution in [-0.2, 0) is 0 Å². The maximum atomic E-state index is 12.0. The molecule has 0 bridgehead atoms. The largest absolute Gasteiger partial charge is 0.381 e. The molecule has 0 heterocycles. The van der Waals surface area contributed by atoms with E-state index in [2.05, 4.69) is 11.6 Å². The Bertz CT molecular complexity index is 160. The van der Waals surface area contributed by atoms with E-state index in [1.807, 2.05) is 0 Å². The number of hydrogen-bond acceptors (Lipinski definition) is 1. The smallest absolute Gasteiger partial charge is 0.365 e. The Labute approximate surface area is 66.9 Å². The lowest BCUT2D eigenvalue weighted by Gasteiger charge is -2.52. The Morgan fingerprint density at radius 2 is 1.00 bits per heavy atom. The first-order valence-electron chi connectivity index (χ1n) is 2.55. The number of rotatable bonds is 0. The SMILES string of the molecule is OC1(Cl)C(F)(F)C(F)(F)C1(F)F. The third-order valence-corrected chi connectivity index (χ3v) is 2.10. The van der Waals surface area contributed by atoms with E-state index < -0.39 is 22.8 Å². The van der Waals surface area contributed by atoms with Gasteiger partial charge in [-0.15, -0.1) is 0 Å². The van der Waals surface area contributed by atoms with Crippen molar-refractivity contribution in [1.29, 1.82) is 0 Å². The fourth-order valence-corrected chi connectivity index (χ4v) is 0.985. The Hall–Kier alpha value is -0.170. The van der Waals surface area contributed by atoms with Gasteiger partial charge in [0.2, 0.25) is 0 Å². The average Bonchev–Trinajstić information content (AvgIpc) is 1.84. The van der Waals surface area contributed by atoms with Gasteiger partial charge in [-0.3, -0.25) is 0 Å². The van der Waals surface area contributed by atoms with Crippen LogP contribution in [-0.4, -0.2) is 27.9 Å². The van der Waals surface area contributed by atoms with Crippen molar-refractivity contribution in [3.05, 3.63) is 0 Å². The zero-order chi connectivity index (χ0) is 10.0. The van der Waals surface area contributed by atoms with Gasteiger partial charge in [0.15, 0.2) is 0 Å². The highest BCUT2D eigenvalue weighted by atomic mass is 35.5. The molecule has 1 saturated carbocycles. The normalized spacial score (nSPS) is 34.0. The Balaban J connectivity index is 3.16. The van der Waals surface area contributed by atoms with Crippen molar-refractivity contribution in [1.82, 2.24) is 0 Å². The van der Waals surface area contributed by atoms with Crippen LogP contribution < -0.4 is 0 Å². The molecular formula is C4HClF6O. The van der Waals surface area contributed by atoms with Gasteiger partial charge in [-0.25, -0.2) is 0 Å². The second-order valence-electron chi connectivity index (χ2n) is 2.35. The highest BCUT2D eigenvalue weighted by Gasteiger charge is 2.98. The van der Waals surface area contributed by atoms with E-state index in [4.69, 9.17) is 5.11 Å². The van der Waals surface area contributed by atoms with E-state index in [1.165, 1.54) is 0 Å². The van der Waals surface area contributed by atoms with E-state index in [9.17, 15) is 26.3 Å². The van der Waals surface area contributed by atoms with Crippen LogP contribution in [0.25, 0.3) is 0 Å². The summed E-state index contributed by atoms with van der Waals surface area (Å²) in [4.78, 5) is 0.